The van der Waals surface area contributed by atoms with E-state index in [0.717, 1.165) is 10.2 Å². The minimum absolute atomic E-state index is 0.189. The number of aromatic nitrogens is 1. The van der Waals surface area contributed by atoms with Gasteiger partial charge < -0.3 is 20.1 Å². The van der Waals surface area contributed by atoms with Gasteiger partial charge in [-0.1, -0.05) is 23.9 Å². The predicted molar refractivity (Wildman–Crippen MR) is 124 cm³/mol. The van der Waals surface area contributed by atoms with Gasteiger partial charge in [-0.2, -0.15) is 0 Å². The number of amides is 2. The van der Waals surface area contributed by atoms with Crippen LogP contribution in [0, 0.1) is 0 Å². The molecule has 166 valence electrons. The first-order valence-corrected chi connectivity index (χ1v) is 11.7. The largest absolute Gasteiger partial charge is 0.480 e. The van der Waals surface area contributed by atoms with E-state index in [4.69, 9.17) is 9.84 Å². The van der Waals surface area contributed by atoms with Gasteiger partial charge in [-0.15, -0.1) is 11.3 Å². The monoisotopic (exact) mass is 471 g/mol. The minimum atomic E-state index is -0.896. The van der Waals surface area contributed by atoms with Gasteiger partial charge in [-0.3, -0.25) is 14.4 Å². The summed E-state index contributed by atoms with van der Waals surface area (Å²) in [6.07, 6.45) is 0. The van der Waals surface area contributed by atoms with E-state index in [-0.39, 0.29) is 11.8 Å². The summed E-state index contributed by atoms with van der Waals surface area (Å²) in [7, 11) is 0. The van der Waals surface area contributed by atoms with Crippen LogP contribution < -0.4 is 5.32 Å². The number of nitrogens with one attached hydrogen (secondary N) is 1. The molecule has 1 aliphatic heterocycles. The smallest absolute Gasteiger partial charge is 0.316 e. The van der Waals surface area contributed by atoms with Crippen molar-refractivity contribution < 1.29 is 24.2 Å². The van der Waals surface area contributed by atoms with Gasteiger partial charge in [0.15, 0.2) is 4.34 Å². The summed E-state index contributed by atoms with van der Waals surface area (Å²) >= 11 is 2.55. The van der Waals surface area contributed by atoms with Crippen LogP contribution in [0.3, 0.4) is 0 Å². The Labute approximate surface area is 192 Å². The molecular formula is C22H21N3O5S2. The minimum Gasteiger partial charge on any atom is -0.480 e. The molecule has 0 radical (unpaired) electrons. The van der Waals surface area contributed by atoms with E-state index in [9.17, 15) is 14.4 Å². The van der Waals surface area contributed by atoms with Crippen LogP contribution in [0.25, 0.3) is 10.2 Å². The Morgan fingerprint density at radius 3 is 2.59 bits per heavy atom. The molecule has 1 fully saturated rings. The fraction of sp³-hybridized carbons (Fsp3) is 0.273. The lowest BCUT2D eigenvalue weighted by Gasteiger charge is -2.27. The molecule has 0 bridgehead atoms. The molecule has 8 nitrogen and oxygen atoms in total. The van der Waals surface area contributed by atoms with E-state index >= 15 is 0 Å². The van der Waals surface area contributed by atoms with Crippen molar-refractivity contribution in [1.29, 1.82) is 0 Å². The Balaban J connectivity index is 1.52. The van der Waals surface area contributed by atoms with Crippen LogP contribution in [0.2, 0.25) is 0 Å². The molecule has 1 unspecified atom stereocenters. The zero-order chi connectivity index (χ0) is 22.7. The summed E-state index contributed by atoms with van der Waals surface area (Å²) < 4.78 is 6.79. The van der Waals surface area contributed by atoms with Gasteiger partial charge in [0, 0.05) is 18.8 Å². The molecule has 1 aliphatic rings. The van der Waals surface area contributed by atoms with Gasteiger partial charge in [0.05, 0.1) is 34.6 Å². The molecule has 1 aromatic heterocycles. The zero-order valence-electron chi connectivity index (χ0n) is 17.2. The van der Waals surface area contributed by atoms with E-state index < -0.39 is 11.2 Å². The fourth-order valence-corrected chi connectivity index (χ4v) is 5.42. The molecular weight excluding hydrogens is 450 g/mol. The Hall–Kier alpha value is -2.95. The molecule has 1 atom stereocenters. The lowest BCUT2D eigenvalue weighted by atomic mass is 10.0. The Bertz CT molecular complexity index is 1170. The molecule has 0 aliphatic carbocycles. The number of aliphatic carboxylic acids is 1. The summed E-state index contributed by atoms with van der Waals surface area (Å²) in [6.45, 7) is 3.58. The number of anilines is 1. The van der Waals surface area contributed by atoms with E-state index in [2.05, 4.69) is 10.3 Å². The van der Waals surface area contributed by atoms with Crippen LogP contribution in [-0.4, -0.2) is 64.3 Å². The highest BCUT2D eigenvalue weighted by Gasteiger charge is 2.23. The van der Waals surface area contributed by atoms with E-state index in [1.54, 1.807) is 54.3 Å². The quantitative estimate of drug-likeness (QED) is 0.529. The second kappa shape index (κ2) is 9.68. The number of carboxylic acids is 1. The highest BCUT2D eigenvalue weighted by Crippen LogP contribution is 2.33. The third-order valence-electron chi connectivity index (χ3n) is 4.95. The number of thioether (sulfide) groups is 1. The van der Waals surface area contributed by atoms with Crippen molar-refractivity contribution in [2.24, 2.45) is 0 Å². The van der Waals surface area contributed by atoms with Gasteiger partial charge in [0.1, 0.15) is 5.25 Å². The second-order valence-electron chi connectivity index (χ2n) is 7.16. The molecule has 4 rings (SSSR count). The first-order valence-electron chi connectivity index (χ1n) is 10.00. The number of morpholine rings is 1. The number of carbonyl (C=O) groups excluding carboxylic acids is 2. The first-order chi connectivity index (χ1) is 15.4. The van der Waals surface area contributed by atoms with Crippen LogP contribution in [0.1, 0.15) is 27.6 Å². The summed E-state index contributed by atoms with van der Waals surface area (Å²) in [5.41, 5.74) is 1.96. The highest BCUT2D eigenvalue weighted by molar-refractivity contribution is 8.02. The number of ether oxygens (including phenoxy) is 1. The average molecular weight is 472 g/mol. The van der Waals surface area contributed by atoms with Crippen molar-refractivity contribution in [2.75, 3.05) is 31.6 Å². The topological polar surface area (TPSA) is 109 Å². The molecule has 0 saturated carbocycles. The van der Waals surface area contributed by atoms with Crippen LogP contribution in [-0.2, 0) is 9.53 Å². The predicted octanol–water partition coefficient (Wildman–Crippen LogP) is 3.59. The van der Waals surface area contributed by atoms with Crippen molar-refractivity contribution >= 4 is 56.8 Å². The average Bonchev–Trinajstić information content (AvgIpc) is 3.20. The Kier molecular flexibility index (Phi) is 6.73. The standard InChI is InChI=1S/C22H21N3O5S2/c1-13(21(28)29)31-22-24-17-7-6-14(12-18(17)32-22)23-19(26)15-4-2-3-5-16(15)20(27)25-8-10-30-11-9-25/h2-7,12-13H,8-11H2,1H3,(H,23,26)(H,28,29). The maximum absolute atomic E-state index is 13.0. The van der Waals surface area contributed by atoms with Crippen molar-refractivity contribution in [3.63, 3.8) is 0 Å². The van der Waals surface area contributed by atoms with E-state index in [0.29, 0.717) is 47.5 Å². The van der Waals surface area contributed by atoms with Crippen LogP contribution in [0.15, 0.2) is 46.8 Å². The van der Waals surface area contributed by atoms with Crippen molar-refractivity contribution in [2.45, 2.75) is 16.5 Å². The third-order valence-corrected chi connectivity index (χ3v) is 7.15. The summed E-state index contributed by atoms with van der Waals surface area (Å²) in [5.74, 6) is -1.46. The molecule has 2 N–H and O–H groups in total. The molecule has 2 amide bonds. The second-order valence-corrected chi connectivity index (χ2v) is 9.78. The zero-order valence-corrected chi connectivity index (χ0v) is 18.9. The summed E-state index contributed by atoms with van der Waals surface area (Å²) in [5, 5.41) is 11.3. The SMILES string of the molecule is CC(Sc1nc2ccc(NC(=O)c3ccccc3C(=O)N3CCOCC3)cc2s1)C(=O)O. The lowest BCUT2D eigenvalue weighted by molar-refractivity contribution is -0.136. The molecule has 1 saturated heterocycles. The van der Waals surface area contributed by atoms with Gasteiger partial charge >= 0.3 is 5.97 Å². The number of benzene rings is 2. The normalized spacial score (nSPS) is 14.8. The van der Waals surface area contributed by atoms with Gasteiger partial charge in [0.25, 0.3) is 11.8 Å². The number of hydrogen-bond acceptors (Lipinski definition) is 7. The van der Waals surface area contributed by atoms with Gasteiger partial charge in [-0.25, -0.2) is 4.98 Å². The number of thiazole rings is 1. The fourth-order valence-electron chi connectivity index (χ4n) is 3.24. The van der Waals surface area contributed by atoms with Crippen molar-refractivity contribution in [3.05, 3.63) is 53.6 Å². The Morgan fingerprint density at radius 1 is 1.16 bits per heavy atom. The number of hydrogen-bond donors (Lipinski definition) is 2. The molecule has 3 aromatic rings. The number of rotatable bonds is 6. The number of nitrogens with zero attached hydrogens (tertiary/aromatic N) is 2. The molecule has 10 heteroatoms. The third kappa shape index (κ3) is 4.93. The van der Waals surface area contributed by atoms with E-state index in [1.807, 2.05) is 0 Å². The number of fused-ring (bicyclic) bond motifs is 1. The summed E-state index contributed by atoms with van der Waals surface area (Å²) in [6, 6.07) is 12.1. The van der Waals surface area contributed by atoms with Crippen molar-refractivity contribution in [3.8, 4) is 0 Å². The maximum atomic E-state index is 13.0. The molecule has 2 heterocycles. The number of carboxylic acid groups (broad SMARTS) is 1. The summed E-state index contributed by atoms with van der Waals surface area (Å²) in [4.78, 5) is 43.1. The maximum Gasteiger partial charge on any atom is 0.316 e. The highest BCUT2D eigenvalue weighted by atomic mass is 32.2. The van der Waals surface area contributed by atoms with Crippen molar-refractivity contribution in [1.82, 2.24) is 9.88 Å². The first kappa shape index (κ1) is 22.3. The molecule has 32 heavy (non-hydrogen) atoms. The molecule has 0 spiro atoms. The Morgan fingerprint density at radius 2 is 1.88 bits per heavy atom. The molecule has 2 aromatic carbocycles. The number of carbonyl (C=O) groups is 3. The lowest BCUT2D eigenvalue weighted by Crippen LogP contribution is -2.41. The van der Waals surface area contributed by atoms with Crippen LogP contribution in [0.5, 0.6) is 0 Å². The van der Waals surface area contributed by atoms with Crippen LogP contribution in [0.4, 0.5) is 5.69 Å². The van der Waals surface area contributed by atoms with Gasteiger partial charge in [-0.05, 0) is 37.3 Å². The van der Waals surface area contributed by atoms with E-state index in [1.165, 1.54) is 23.1 Å². The van der Waals surface area contributed by atoms with Crippen LogP contribution >= 0.6 is 23.1 Å². The van der Waals surface area contributed by atoms with Gasteiger partial charge in [0.2, 0.25) is 0 Å².